The number of aromatic amines is 1. The highest BCUT2D eigenvalue weighted by Crippen LogP contribution is 2.29. The van der Waals surface area contributed by atoms with Crippen LogP contribution in [0, 0.1) is 12.8 Å². The van der Waals surface area contributed by atoms with E-state index in [1.165, 1.54) is 4.57 Å². The number of hydrogen-bond acceptors (Lipinski definition) is 6. The maximum absolute atomic E-state index is 13.1. The molecule has 4 N–H and O–H groups in total. The lowest BCUT2D eigenvalue weighted by molar-refractivity contribution is -0.115. The zero-order valence-corrected chi connectivity index (χ0v) is 21.3. The molecule has 9 heteroatoms. The molecule has 2 aromatic carbocycles. The first-order valence-corrected chi connectivity index (χ1v) is 12.2. The van der Waals surface area contributed by atoms with Gasteiger partial charge in [-0.3, -0.25) is 19.1 Å². The molecule has 1 heterocycles. The lowest BCUT2D eigenvalue weighted by Crippen LogP contribution is -2.42. The Labute approximate surface area is 210 Å². The summed E-state index contributed by atoms with van der Waals surface area (Å²) in [6.45, 7) is 8.58. The summed E-state index contributed by atoms with van der Waals surface area (Å²) in [6.07, 6.45) is 1.59. The molecular weight excluding hydrogens is 458 g/mol. The van der Waals surface area contributed by atoms with Crippen LogP contribution in [0.5, 0.6) is 11.5 Å². The van der Waals surface area contributed by atoms with Gasteiger partial charge < -0.3 is 20.7 Å². The van der Waals surface area contributed by atoms with Gasteiger partial charge in [0.2, 0.25) is 5.91 Å². The Morgan fingerprint density at radius 1 is 1.14 bits per heavy atom. The van der Waals surface area contributed by atoms with Crippen molar-refractivity contribution < 1.29 is 9.53 Å². The molecule has 0 aliphatic heterocycles. The maximum Gasteiger partial charge on any atom is 0.330 e. The molecule has 0 unspecified atom stereocenters. The van der Waals surface area contributed by atoms with Gasteiger partial charge in [-0.15, -0.1) is 0 Å². The molecule has 0 aliphatic carbocycles. The molecule has 192 valence electrons. The van der Waals surface area contributed by atoms with Crippen molar-refractivity contribution >= 4 is 23.1 Å². The monoisotopic (exact) mass is 493 g/mol. The summed E-state index contributed by atoms with van der Waals surface area (Å²) >= 11 is 0. The SMILES string of the molecule is CCCCN(CC(=O)Nc1ccccc1Oc1ccc(C)cc1)c1c(N)n(CC(C)C)c(=O)[nH]c1=O. The fourth-order valence-corrected chi connectivity index (χ4v) is 3.80. The van der Waals surface area contributed by atoms with E-state index in [2.05, 4.69) is 10.3 Å². The van der Waals surface area contributed by atoms with Gasteiger partial charge in [0.05, 0.1) is 12.2 Å². The average molecular weight is 494 g/mol. The maximum atomic E-state index is 13.1. The molecule has 0 saturated heterocycles. The third-order valence-corrected chi connectivity index (χ3v) is 5.60. The van der Waals surface area contributed by atoms with Crippen LogP contribution in [0.3, 0.4) is 0 Å². The number of H-pyrrole nitrogens is 1. The largest absolute Gasteiger partial charge is 0.455 e. The van der Waals surface area contributed by atoms with Crippen molar-refractivity contribution in [2.45, 2.75) is 47.1 Å². The molecule has 0 fully saturated rings. The van der Waals surface area contributed by atoms with Crippen LogP contribution in [-0.2, 0) is 11.3 Å². The van der Waals surface area contributed by atoms with Crippen LogP contribution < -0.4 is 31.9 Å². The van der Waals surface area contributed by atoms with Crippen LogP contribution in [0.2, 0.25) is 0 Å². The molecule has 3 aromatic rings. The quantitative estimate of drug-likeness (QED) is 0.369. The van der Waals surface area contributed by atoms with Crippen LogP contribution in [0.15, 0.2) is 58.1 Å². The number of ether oxygens (including phenoxy) is 1. The number of rotatable bonds is 11. The number of unbranched alkanes of at least 4 members (excludes halogenated alkanes) is 1. The zero-order chi connectivity index (χ0) is 26.2. The lowest BCUT2D eigenvalue weighted by atomic mass is 10.2. The second kappa shape index (κ2) is 12.1. The van der Waals surface area contributed by atoms with Crippen molar-refractivity contribution in [2.24, 2.45) is 5.92 Å². The third kappa shape index (κ3) is 6.78. The summed E-state index contributed by atoms with van der Waals surface area (Å²) in [5.41, 5.74) is 6.89. The average Bonchev–Trinajstić information content (AvgIpc) is 2.82. The fourth-order valence-electron chi connectivity index (χ4n) is 3.80. The van der Waals surface area contributed by atoms with Crippen LogP contribution in [0.25, 0.3) is 0 Å². The van der Waals surface area contributed by atoms with Crippen molar-refractivity contribution in [1.29, 1.82) is 0 Å². The molecule has 0 saturated carbocycles. The van der Waals surface area contributed by atoms with Crippen LogP contribution >= 0.6 is 0 Å². The van der Waals surface area contributed by atoms with Crippen molar-refractivity contribution in [3.63, 3.8) is 0 Å². The predicted octanol–water partition coefficient (Wildman–Crippen LogP) is 4.12. The first kappa shape index (κ1) is 26.6. The van der Waals surface area contributed by atoms with Crippen molar-refractivity contribution in [1.82, 2.24) is 9.55 Å². The Hall–Kier alpha value is -4.01. The Balaban J connectivity index is 1.86. The van der Waals surface area contributed by atoms with E-state index >= 15 is 0 Å². The molecule has 0 spiro atoms. The van der Waals surface area contributed by atoms with E-state index < -0.39 is 11.2 Å². The number of nitrogens with zero attached hydrogens (tertiary/aromatic N) is 2. The minimum atomic E-state index is -0.607. The van der Waals surface area contributed by atoms with Gasteiger partial charge in [-0.1, -0.05) is 57.0 Å². The van der Waals surface area contributed by atoms with Gasteiger partial charge in [0.15, 0.2) is 5.75 Å². The van der Waals surface area contributed by atoms with Crippen LogP contribution in [0.1, 0.15) is 39.2 Å². The molecule has 0 aliphatic rings. The minimum absolute atomic E-state index is 0.0597. The van der Waals surface area contributed by atoms with Crippen molar-refractivity contribution in [2.75, 3.05) is 29.0 Å². The van der Waals surface area contributed by atoms with Crippen LogP contribution in [-0.4, -0.2) is 28.5 Å². The highest BCUT2D eigenvalue weighted by Gasteiger charge is 2.22. The standard InChI is InChI=1S/C27H35N5O4/c1-5-6-15-31(24-25(28)32(16-18(2)3)27(35)30-26(24)34)17-23(33)29-21-9-7-8-10-22(21)36-20-13-11-19(4)12-14-20/h7-14,18H,5-6,15-17,28H2,1-4H3,(H,29,33)(H,30,34,35). The molecule has 1 aromatic heterocycles. The number of nitrogens with two attached hydrogens (primary N) is 1. The Morgan fingerprint density at radius 3 is 2.50 bits per heavy atom. The summed E-state index contributed by atoms with van der Waals surface area (Å²) < 4.78 is 7.33. The van der Waals surface area contributed by atoms with Crippen molar-refractivity contribution in [3.8, 4) is 11.5 Å². The summed E-state index contributed by atoms with van der Waals surface area (Å²) in [4.78, 5) is 42.3. The second-order valence-corrected chi connectivity index (χ2v) is 9.23. The number of anilines is 3. The Kier molecular flexibility index (Phi) is 8.94. The Bertz CT molecular complexity index is 1290. The molecule has 0 atom stereocenters. The molecule has 36 heavy (non-hydrogen) atoms. The number of aromatic nitrogens is 2. The van der Waals surface area contributed by atoms with Gasteiger partial charge >= 0.3 is 5.69 Å². The number of aryl methyl sites for hydroxylation is 1. The number of carbonyl (C=O) groups excluding carboxylic acids is 1. The number of benzene rings is 2. The van der Waals surface area contributed by atoms with E-state index in [1.54, 1.807) is 23.1 Å². The van der Waals surface area contributed by atoms with Gasteiger partial charge in [0, 0.05) is 13.1 Å². The number of para-hydroxylation sites is 2. The predicted molar refractivity (Wildman–Crippen MR) is 144 cm³/mol. The number of carbonyl (C=O) groups is 1. The first-order chi connectivity index (χ1) is 17.2. The number of nitrogens with one attached hydrogen (secondary N) is 2. The molecular formula is C27H35N5O4. The molecule has 1 amide bonds. The van der Waals surface area contributed by atoms with Gasteiger partial charge in [-0.25, -0.2) is 4.79 Å². The molecule has 0 bridgehead atoms. The van der Waals surface area contributed by atoms with E-state index in [0.717, 1.165) is 18.4 Å². The summed E-state index contributed by atoms with van der Waals surface area (Å²) in [5, 5.41) is 2.89. The minimum Gasteiger partial charge on any atom is -0.455 e. The molecule has 0 radical (unpaired) electrons. The summed E-state index contributed by atoms with van der Waals surface area (Å²) in [7, 11) is 0. The van der Waals surface area contributed by atoms with E-state index in [-0.39, 0.29) is 29.9 Å². The molecule has 9 nitrogen and oxygen atoms in total. The highest BCUT2D eigenvalue weighted by molar-refractivity contribution is 5.95. The smallest absolute Gasteiger partial charge is 0.330 e. The highest BCUT2D eigenvalue weighted by atomic mass is 16.5. The normalized spacial score (nSPS) is 10.9. The van der Waals surface area contributed by atoms with E-state index in [9.17, 15) is 14.4 Å². The topological polar surface area (TPSA) is 122 Å². The van der Waals surface area contributed by atoms with Gasteiger partial charge in [-0.05, 0) is 43.5 Å². The van der Waals surface area contributed by atoms with Gasteiger partial charge in [-0.2, -0.15) is 0 Å². The summed E-state index contributed by atoms with van der Waals surface area (Å²) in [5.74, 6) is 1.01. The van der Waals surface area contributed by atoms with Gasteiger partial charge in [0.1, 0.15) is 17.3 Å². The summed E-state index contributed by atoms with van der Waals surface area (Å²) in [6, 6.07) is 14.8. The number of hydrogen-bond donors (Lipinski definition) is 3. The van der Waals surface area contributed by atoms with E-state index in [4.69, 9.17) is 10.5 Å². The van der Waals surface area contributed by atoms with E-state index in [0.29, 0.717) is 30.3 Å². The molecule has 3 rings (SSSR count). The van der Waals surface area contributed by atoms with Crippen molar-refractivity contribution in [3.05, 3.63) is 74.9 Å². The first-order valence-electron chi connectivity index (χ1n) is 12.2. The van der Waals surface area contributed by atoms with Gasteiger partial charge in [0.25, 0.3) is 5.56 Å². The second-order valence-electron chi connectivity index (χ2n) is 9.23. The number of nitrogen functional groups attached to an aromatic ring is 1. The Morgan fingerprint density at radius 2 is 1.83 bits per heavy atom. The number of amides is 1. The van der Waals surface area contributed by atoms with Crippen LogP contribution in [0.4, 0.5) is 17.2 Å². The lowest BCUT2D eigenvalue weighted by Gasteiger charge is -2.26. The fraction of sp³-hybridized carbons (Fsp3) is 0.370. The third-order valence-electron chi connectivity index (χ3n) is 5.60. The zero-order valence-electron chi connectivity index (χ0n) is 21.3. The van der Waals surface area contributed by atoms with E-state index in [1.807, 2.05) is 58.0 Å².